The second-order valence-corrected chi connectivity index (χ2v) is 4.84. The predicted octanol–water partition coefficient (Wildman–Crippen LogP) is 2.94. The van der Waals surface area contributed by atoms with Crippen LogP contribution in [-0.2, 0) is 4.79 Å². The lowest BCUT2D eigenvalue weighted by Crippen LogP contribution is -2.33. The van der Waals surface area contributed by atoms with Crippen LogP contribution in [0.4, 0.5) is 0 Å². The Morgan fingerprint density at radius 1 is 0.950 bits per heavy atom. The molecule has 0 aliphatic heterocycles. The van der Waals surface area contributed by atoms with Crippen LogP contribution in [-0.4, -0.2) is 23.0 Å². The van der Waals surface area contributed by atoms with Gasteiger partial charge in [-0.15, -0.1) is 0 Å². The van der Waals surface area contributed by atoms with Gasteiger partial charge in [0.2, 0.25) is 5.91 Å². The van der Waals surface area contributed by atoms with Gasteiger partial charge in [-0.05, 0) is 11.1 Å². The van der Waals surface area contributed by atoms with E-state index in [1.807, 2.05) is 60.7 Å². The molecule has 0 heterocycles. The van der Waals surface area contributed by atoms with Crippen LogP contribution in [0.2, 0.25) is 0 Å². The highest BCUT2D eigenvalue weighted by molar-refractivity contribution is 5.73. The van der Waals surface area contributed by atoms with Crippen LogP contribution in [0, 0.1) is 0 Å². The van der Waals surface area contributed by atoms with Gasteiger partial charge in [-0.2, -0.15) is 0 Å². The third kappa shape index (κ3) is 3.06. The second kappa shape index (κ2) is 6.35. The molecule has 2 unspecified atom stereocenters. The molecule has 0 radical (unpaired) electrons. The van der Waals surface area contributed by atoms with E-state index in [1.54, 1.807) is 11.9 Å². The topological polar surface area (TPSA) is 40.5 Å². The Morgan fingerprint density at radius 2 is 1.40 bits per heavy atom. The van der Waals surface area contributed by atoms with Gasteiger partial charge in [0.05, 0.1) is 6.04 Å². The molecule has 0 spiro atoms. The van der Waals surface area contributed by atoms with E-state index >= 15 is 0 Å². The molecule has 0 bridgehead atoms. The first kappa shape index (κ1) is 14.3. The average molecular weight is 269 g/mol. The summed E-state index contributed by atoms with van der Waals surface area (Å²) in [5.74, 6) is -0.0752. The maximum absolute atomic E-state index is 11.7. The van der Waals surface area contributed by atoms with Crippen molar-refractivity contribution in [3.8, 4) is 0 Å². The van der Waals surface area contributed by atoms with E-state index in [2.05, 4.69) is 0 Å². The van der Waals surface area contributed by atoms with Crippen molar-refractivity contribution in [1.82, 2.24) is 4.90 Å². The lowest BCUT2D eigenvalue weighted by atomic mass is 9.94. The third-order valence-corrected chi connectivity index (χ3v) is 3.50. The molecule has 2 atom stereocenters. The zero-order valence-corrected chi connectivity index (χ0v) is 11.7. The number of benzene rings is 2. The summed E-state index contributed by atoms with van der Waals surface area (Å²) in [5.41, 5.74) is 1.72. The largest absolute Gasteiger partial charge is 0.386 e. The molecule has 3 nitrogen and oxygen atoms in total. The summed E-state index contributed by atoms with van der Waals surface area (Å²) in [4.78, 5) is 13.3. The number of aliphatic hydroxyl groups is 1. The summed E-state index contributed by atoms with van der Waals surface area (Å²) >= 11 is 0. The van der Waals surface area contributed by atoms with E-state index in [1.165, 1.54) is 6.92 Å². The van der Waals surface area contributed by atoms with E-state index in [4.69, 9.17) is 0 Å². The lowest BCUT2D eigenvalue weighted by Gasteiger charge is -2.32. The van der Waals surface area contributed by atoms with E-state index in [9.17, 15) is 9.90 Å². The molecule has 104 valence electrons. The van der Waals surface area contributed by atoms with Crippen LogP contribution >= 0.6 is 0 Å². The molecule has 0 fully saturated rings. The standard InChI is InChI=1S/C17H19NO2/c1-13(19)18(2)16(14-9-5-3-6-10-14)17(20)15-11-7-4-8-12-15/h3-12,16-17,20H,1-2H3. The third-order valence-electron chi connectivity index (χ3n) is 3.50. The Hall–Kier alpha value is -2.13. The summed E-state index contributed by atoms with van der Waals surface area (Å²) in [6.07, 6.45) is -0.757. The number of aliphatic hydroxyl groups excluding tert-OH is 1. The van der Waals surface area contributed by atoms with Crippen LogP contribution in [0.3, 0.4) is 0 Å². The first-order valence-corrected chi connectivity index (χ1v) is 6.62. The van der Waals surface area contributed by atoms with E-state index < -0.39 is 12.1 Å². The van der Waals surface area contributed by atoms with Gasteiger partial charge < -0.3 is 10.0 Å². The smallest absolute Gasteiger partial charge is 0.219 e. The minimum Gasteiger partial charge on any atom is -0.386 e. The van der Waals surface area contributed by atoms with Gasteiger partial charge in [0.25, 0.3) is 0 Å². The number of hydrogen-bond acceptors (Lipinski definition) is 2. The molecular weight excluding hydrogens is 250 g/mol. The molecule has 20 heavy (non-hydrogen) atoms. The normalized spacial score (nSPS) is 13.6. The maximum Gasteiger partial charge on any atom is 0.219 e. The fourth-order valence-electron chi connectivity index (χ4n) is 2.30. The number of likely N-dealkylation sites (N-methyl/N-ethyl adjacent to an activating group) is 1. The molecule has 2 aromatic rings. The number of nitrogens with zero attached hydrogens (tertiary/aromatic N) is 1. The van der Waals surface area contributed by atoms with Gasteiger partial charge in [0, 0.05) is 14.0 Å². The van der Waals surface area contributed by atoms with E-state index in [0.29, 0.717) is 0 Å². The van der Waals surface area contributed by atoms with Crippen molar-refractivity contribution in [1.29, 1.82) is 0 Å². The van der Waals surface area contributed by atoms with Crippen molar-refractivity contribution in [3.63, 3.8) is 0 Å². The molecule has 3 heteroatoms. The molecule has 1 N–H and O–H groups in total. The fraction of sp³-hybridized carbons (Fsp3) is 0.235. The Kier molecular flexibility index (Phi) is 4.53. The van der Waals surface area contributed by atoms with Crippen molar-refractivity contribution < 1.29 is 9.90 Å². The zero-order valence-electron chi connectivity index (χ0n) is 11.7. The van der Waals surface area contributed by atoms with Gasteiger partial charge >= 0.3 is 0 Å². The van der Waals surface area contributed by atoms with Gasteiger partial charge in [0.1, 0.15) is 6.10 Å². The van der Waals surface area contributed by atoms with Gasteiger partial charge in [-0.1, -0.05) is 60.7 Å². The fourth-order valence-corrected chi connectivity index (χ4v) is 2.30. The minimum absolute atomic E-state index is 0.0752. The molecular formula is C17H19NO2. The van der Waals surface area contributed by atoms with Crippen LogP contribution < -0.4 is 0 Å². The van der Waals surface area contributed by atoms with Gasteiger partial charge in [0.15, 0.2) is 0 Å². The van der Waals surface area contributed by atoms with Crippen LogP contribution in [0.25, 0.3) is 0 Å². The summed E-state index contributed by atoms with van der Waals surface area (Å²) in [6.45, 7) is 1.51. The van der Waals surface area contributed by atoms with Gasteiger partial charge in [-0.3, -0.25) is 4.79 Å². The minimum atomic E-state index is -0.757. The summed E-state index contributed by atoms with van der Waals surface area (Å²) < 4.78 is 0. The number of carbonyl (C=O) groups excluding carboxylic acids is 1. The van der Waals surface area contributed by atoms with Crippen molar-refractivity contribution in [2.75, 3.05) is 7.05 Å². The summed E-state index contributed by atoms with van der Waals surface area (Å²) in [6, 6.07) is 18.6. The number of rotatable bonds is 4. The number of hydrogen-bond donors (Lipinski definition) is 1. The van der Waals surface area contributed by atoms with Crippen molar-refractivity contribution in [2.45, 2.75) is 19.1 Å². The quantitative estimate of drug-likeness (QED) is 0.927. The monoisotopic (exact) mass is 269 g/mol. The second-order valence-electron chi connectivity index (χ2n) is 4.84. The van der Waals surface area contributed by atoms with E-state index in [0.717, 1.165) is 11.1 Å². The molecule has 0 saturated heterocycles. The van der Waals surface area contributed by atoms with E-state index in [-0.39, 0.29) is 5.91 Å². The highest BCUT2D eigenvalue weighted by atomic mass is 16.3. The molecule has 2 rings (SSSR count). The zero-order chi connectivity index (χ0) is 14.5. The molecule has 2 aromatic carbocycles. The Morgan fingerprint density at radius 3 is 1.85 bits per heavy atom. The summed E-state index contributed by atoms with van der Waals surface area (Å²) in [7, 11) is 1.71. The molecule has 0 saturated carbocycles. The average Bonchev–Trinajstić information content (AvgIpc) is 2.49. The van der Waals surface area contributed by atoms with Gasteiger partial charge in [-0.25, -0.2) is 0 Å². The molecule has 1 amide bonds. The lowest BCUT2D eigenvalue weighted by molar-refractivity contribution is -0.132. The van der Waals surface area contributed by atoms with Crippen molar-refractivity contribution >= 4 is 5.91 Å². The van der Waals surface area contributed by atoms with Crippen molar-refractivity contribution in [3.05, 3.63) is 71.8 Å². The van der Waals surface area contributed by atoms with Crippen LogP contribution in [0.1, 0.15) is 30.2 Å². The highest BCUT2D eigenvalue weighted by Crippen LogP contribution is 2.33. The molecule has 0 aliphatic carbocycles. The summed E-state index contributed by atoms with van der Waals surface area (Å²) in [5, 5.41) is 10.7. The SMILES string of the molecule is CC(=O)N(C)C(c1ccccc1)C(O)c1ccccc1. The Labute approximate surface area is 119 Å². The first-order valence-electron chi connectivity index (χ1n) is 6.62. The van der Waals surface area contributed by atoms with Crippen molar-refractivity contribution in [2.24, 2.45) is 0 Å². The predicted molar refractivity (Wildman–Crippen MR) is 79.0 cm³/mol. The van der Waals surface area contributed by atoms with Crippen LogP contribution in [0.5, 0.6) is 0 Å². The number of amides is 1. The van der Waals surface area contributed by atoms with Crippen LogP contribution in [0.15, 0.2) is 60.7 Å². The molecule has 0 aromatic heterocycles. The Bertz CT molecular complexity index is 554. The maximum atomic E-state index is 11.7. The molecule has 0 aliphatic rings. The Balaban J connectivity index is 2.39. The number of carbonyl (C=O) groups is 1. The first-order chi connectivity index (χ1) is 9.61. The highest BCUT2D eigenvalue weighted by Gasteiger charge is 2.27.